The topological polar surface area (TPSA) is 106 Å². The van der Waals surface area contributed by atoms with Crippen molar-refractivity contribution in [3.8, 4) is 11.5 Å². The van der Waals surface area contributed by atoms with Crippen LogP contribution < -0.4 is 10.6 Å². The van der Waals surface area contributed by atoms with Gasteiger partial charge < -0.3 is 24.6 Å². The van der Waals surface area contributed by atoms with Crippen molar-refractivity contribution in [1.82, 2.24) is 34.7 Å². The number of anilines is 1. The number of alkyl halides is 4. The molecule has 1 aliphatic heterocycles. The fraction of sp³-hybridized carbons (Fsp3) is 0.481. The van der Waals surface area contributed by atoms with E-state index in [0.717, 1.165) is 4.57 Å². The van der Waals surface area contributed by atoms with Crippen molar-refractivity contribution in [1.29, 1.82) is 0 Å². The first-order valence-corrected chi connectivity index (χ1v) is 13.2. The fourth-order valence-electron chi connectivity index (χ4n) is 4.85. The Balaban J connectivity index is 1.41. The SMILES string of the molecule is CN1CC[C@@H](F)[C@@H](Nc2cccc3c2cc(-c2noc(CNC(=O)c4cnn(C(C)(C)C)c4)n2)n3C(F)C(F)F)C1. The number of hydrogen-bond acceptors (Lipinski definition) is 7. The number of piperidine rings is 1. The van der Waals surface area contributed by atoms with Crippen LogP contribution in [0, 0.1) is 0 Å². The van der Waals surface area contributed by atoms with Gasteiger partial charge >= 0.3 is 0 Å². The summed E-state index contributed by atoms with van der Waals surface area (Å²) in [5.41, 5.74) is 0.608. The molecule has 1 aromatic carbocycles. The second-order valence-electron chi connectivity index (χ2n) is 11.2. The first-order valence-electron chi connectivity index (χ1n) is 13.2. The Hall–Kier alpha value is -3.94. The standard InChI is InChI=1S/C27H32F4N8O2/c1-27(2,3)38-13-15(11-33-38)26(40)32-12-22-35-25(36-41-22)21-10-16-18(34-19-14-37(4)9-8-17(19)28)6-5-7-20(16)39(21)24(31)23(29)30/h5-7,10-11,13,17,19,23-24,34H,8-9,12,14H2,1-4H3,(H,32,40)/t17-,19+,24?/m1/s1. The van der Waals surface area contributed by atoms with Crippen LogP contribution >= 0.6 is 0 Å². The Labute approximate surface area is 233 Å². The number of nitrogens with zero attached hydrogens (tertiary/aromatic N) is 6. The van der Waals surface area contributed by atoms with Gasteiger partial charge in [0.15, 0.2) is 0 Å². The number of benzene rings is 1. The van der Waals surface area contributed by atoms with Crippen molar-refractivity contribution >= 4 is 22.5 Å². The number of hydrogen-bond donors (Lipinski definition) is 2. The molecule has 4 heterocycles. The summed E-state index contributed by atoms with van der Waals surface area (Å²) in [6.07, 6.45) is -3.73. The van der Waals surface area contributed by atoms with Crippen LogP contribution in [0.25, 0.3) is 22.4 Å². The molecule has 2 N–H and O–H groups in total. The Bertz CT molecular complexity index is 1530. The van der Waals surface area contributed by atoms with Gasteiger partial charge in [-0.15, -0.1) is 0 Å². The molecule has 0 aliphatic carbocycles. The summed E-state index contributed by atoms with van der Waals surface area (Å²) in [5.74, 6) is -0.572. The molecular formula is C27H32F4N8O2. The predicted molar refractivity (Wildman–Crippen MR) is 144 cm³/mol. The summed E-state index contributed by atoms with van der Waals surface area (Å²) in [7, 11) is 1.89. The van der Waals surface area contributed by atoms with E-state index in [0.29, 0.717) is 36.1 Å². The quantitative estimate of drug-likeness (QED) is 0.292. The maximum absolute atomic E-state index is 15.0. The molecule has 5 rings (SSSR count). The van der Waals surface area contributed by atoms with Crippen LogP contribution in [0.5, 0.6) is 0 Å². The zero-order valence-electron chi connectivity index (χ0n) is 23.1. The van der Waals surface area contributed by atoms with E-state index in [1.165, 1.54) is 18.3 Å². The van der Waals surface area contributed by atoms with Crippen molar-refractivity contribution in [3.63, 3.8) is 0 Å². The van der Waals surface area contributed by atoms with Gasteiger partial charge in [0.1, 0.15) is 6.17 Å². The van der Waals surface area contributed by atoms with Crippen molar-refractivity contribution in [2.45, 2.75) is 64.2 Å². The van der Waals surface area contributed by atoms with E-state index in [9.17, 15) is 22.4 Å². The van der Waals surface area contributed by atoms with Crippen LogP contribution in [0.15, 0.2) is 41.2 Å². The highest BCUT2D eigenvalue weighted by Gasteiger charge is 2.31. The van der Waals surface area contributed by atoms with Gasteiger partial charge in [-0.3, -0.25) is 9.48 Å². The molecule has 0 bridgehead atoms. The minimum absolute atomic E-state index is 0.00955. The highest BCUT2D eigenvalue weighted by atomic mass is 19.3. The zero-order chi connectivity index (χ0) is 29.5. The number of amides is 1. The molecule has 0 spiro atoms. The molecule has 4 aromatic rings. The van der Waals surface area contributed by atoms with Gasteiger partial charge in [-0.2, -0.15) is 10.1 Å². The molecule has 1 fully saturated rings. The minimum atomic E-state index is -3.33. The van der Waals surface area contributed by atoms with E-state index in [2.05, 4.69) is 25.9 Å². The van der Waals surface area contributed by atoms with E-state index in [1.807, 2.05) is 32.7 Å². The van der Waals surface area contributed by atoms with Crippen molar-refractivity contribution < 1.29 is 26.9 Å². The van der Waals surface area contributed by atoms with Gasteiger partial charge in [-0.1, -0.05) is 11.2 Å². The van der Waals surface area contributed by atoms with Crippen LogP contribution in [0.2, 0.25) is 0 Å². The molecule has 1 amide bonds. The van der Waals surface area contributed by atoms with Gasteiger partial charge in [-0.05, 0) is 52.4 Å². The molecule has 1 unspecified atom stereocenters. The van der Waals surface area contributed by atoms with Crippen LogP contribution in [-0.2, 0) is 12.1 Å². The number of aromatic nitrogens is 5. The van der Waals surface area contributed by atoms with Gasteiger partial charge in [0, 0.05) is 30.4 Å². The van der Waals surface area contributed by atoms with Gasteiger partial charge in [0.2, 0.25) is 18.0 Å². The van der Waals surface area contributed by atoms with E-state index >= 15 is 0 Å². The summed E-state index contributed by atoms with van der Waals surface area (Å²) in [6, 6.07) is 5.71. The van der Waals surface area contributed by atoms with E-state index in [-0.39, 0.29) is 35.0 Å². The highest BCUT2D eigenvalue weighted by molar-refractivity contribution is 5.96. The molecule has 1 saturated heterocycles. The number of carbonyl (C=O) groups is 1. The third-order valence-corrected chi connectivity index (χ3v) is 7.04. The lowest BCUT2D eigenvalue weighted by Crippen LogP contribution is -2.47. The normalized spacial score (nSPS) is 19.1. The maximum Gasteiger partial charge on any atom is 0.288 e. The molecular weight excluding hydrogens is 544 g/mol. The second kappa shape index (κ2) is 11.1. The van der Waals surface area contributed by atoms with Gasteiger partial charge in [0.25, 0.3) is 12.3 Å². The minimum Gasteiger partial charge on any atom is -0.378 e. The van der Waals surface area contributed by atoms with E-state index in [4.69, 9.17) is 4.52 Å². The second-order valence-corrected chi connectivity index (χ2v) is 11.2. The molecule has 41 heavy (non-hydrogen) atoms. The fourth-order valence-corrected chi connectivity index (χ4v) is 4.85. The predicted octanol–water partition coefficient (Wildman–Crippen LogP) is 4.76. The van der Waals surface area contributed by atoms with Gasteiger partial charge in [0.05, 0.1) is 41.1 Å². The Morgan fingerprint density at radius 1 is 1.24 bits per heavy atom. The monoisotopic (exact) mass is 576 g/mol. The Morgan fingerprint density at radius 2 is 2.02 bits per heavy atom. The lowest BCUT2D eigenvalue weighted by atomic mass is 10.0. The number of halogens is 4. The number of carbonyl (C=O) groups excluding carboxylic acids is 1. The Kier molecular flexibility index (Phi) is 7.77. The summed E-state index contributed by atoms with van der Waals surface area (Å²) >= 11 is 0. The summed E-state index contributed by atoms with van der Waals surface area (Å²) in [5, 5.41) is 14.3. The highest BCUT2D eigenvalue weighted by Crippen LogP contribution is 2.37. The number of likely N-dealkylation sites (N-methyl/N-ethyl adjacent to an activating group) is 1. The molecule has 3 aromatic heterocycles. The molecule has 0 radical (unpaired) electrons. The molecule has 220 valence electrons. The average molecular weight is 577 g/mol. The lowest BCUT2D eigenvalue weighted by Gasteiger charge is -2.33. The number of rotatable bonds is 8. The lowest BCUT2D eigenvalue weighted by molar-refractivity contribution is 0.0114. The number of nitrogens with one attached hydrogen (secondary N) is 2. The van der Waals surface area contributed by atoms with Crippen LogP contribution in [0.3, 0.4) is 0 Å². The summed E-state index contributed by atoms with van der Waals surface area (Å²) < 4.78 is 64.6. The Morgan fingerprint density at radius 3 is 2.73 bits per heavy atom. The third-order valence-electron chi connectivity index (χ3n) is 7.04. The number of likely N-dealkylation sites (tertiary alicyclic amines) is 1. The van der Waals surface area contributed by atoms with Gasteiger partial charge in [-0.25, -0.2) is 17.6 Å². The summed E-state index contributed by atoms with van der Waals surface area (Å²) in [4.78, 5) is 18.8. The first kappa shape index (κ1) is 28.6. The van der Waals surface area contributed by atoms with Crippen molar-refractivity contribution in [2.75, 3.05) is 25.5 Å². The van der Waals surface area contributed by atoms with Crippen LogP contribution in [0.4, 0.5) is 23.2 Å². The van der Waals surface area contributed by atoms with E-state index < -0.39 is 30.8 Å². The molecule has 3 atom stereocenters. The molecule has 0 saturated carbocycles. The average Bonchev–Trinajstić information content (AvgIpc) is 3.67. The van der Waals surface area contributed by atoms with Crippen molar-refractivity contribution in [2.24, 2.45) is 0 Å². The van der Waals surface area contributed by atoms with Crippen LogP contribution in [0.1, 0.15) is 49.7 Å². The smallest absolute Gasteiger partial charge is 0.288 e. The zero-order valence-corrected chi connectivity index (χ0v) is 23.1. The number of fused-ring (bicyclic) bond motifs is 1. The molecule has 10 nitrogen and oxygen atoms in total. The van der Waals surface area contributed by atoms with Crippen LogP contribution in [-0.4, -0.2) is 74.1 Å². The maximum atomic E-state index is 15.0. The largest absolute Gasteiger partial charge is 0.378 e. The molecule has 14 heteroatoms. The van der Waals surface area contributed by atoms with Crippen molar-refractivity contribution in [3.05, 3.63) is 48.1 Å². The third kappa shape index (κ3) is 5.92. The molecule has 1 aliphatic rings. The summed E-state index contributed by atoms with van der Waals surface area (Å²) in [6.45, 7) is 6.77. The van der Waals surface area contributed by atoms with E-state index in [1.54, 1.807) is 23.0 Å². The first-order chi connectivity index (χ1) is 19.4.